The number of dihydropyridines is 1. The molecule has 0 saturated carbocycles. The van der Waals surface area contributed by atoms with Gasteiger partial charge in [-0.05, 0) is 6.08 Å². The number of amides is 1. The lowest BCUT2D eigenvalue weighted by Crippen LogP contribution is -2.20. The van der Waals surface area contributed by atoms with Gasteiger partial charge in [-0.3, -0.25) is 9.79 Å². The smallest absolute Gasteiger partial charge is 0.280 e. The lowest BCUT2D eigenvalue weighted by Gasteiger charge is -2.09. The number of rotatable bonds is 0. The Morgan fingerprint density at radius 1 is 1.45 bits per heavy atom. The van der Waals surface area contributed by atoms with Crippen LogP contribution in [0.25, 0.3) is 0 Å². The van der Waals surface area contributed by atoms with E-state index in [0.29, 0.717) is 17.8 Å². The summed E-state index contributed by atoms with van der Waals surface area (Å²) in [6.07, 6.45) is 4.52. The van der Waals surface area contributed by atoms with E-state index in [4.69, 9.17) is 0 Å². The van der Waals surface area contributed by atoms with Gasteiger partial charge in [-0.2, -0.15) is 4.99 Å². The molecular formula is C7H5N3O. The van der Waals surface area contributed by atoms with Gasteiger partial charge in [0.25, 0.3) is 5.91 Å². The first-order valence-electron chi connectivity index (χ1n) is 3.22. The van der Waals surface area contributed by atoms with Crippen molar-refractivity contribution in [3.63, 3.8) is 0 Å². The van der Waals surface area contributed by atoms with Crippen LogP contribution in [0.2, 0.25) is 0 Å². The predicted octanol–water partition coefficient (Wildman–Crippen LogP) is 0.00670. The highest BCUT2D eigenvalue weighted by atomic mass is 16.1. The molecule has 0 aromatic rings. The topological polar surface area (TPSA) is 54.1 Å². The summed E-state index contributed by atoms with van der Waals surface area (Å²) >= 11 is 0. The molecule has 2 aliphatic heterocycles. The Hall–Kier alpha value is -1.58. The zero-order chi connectivity index (χ0) is 7.68. The van der Waals surface area contributed by atoms with Crippen LogP contribution in [0.1, 0.15) is 0 Å². The number of fused-ring (bicyclic) bond motifs is 1. The van der Waals surface area contributed by atoms with Gasteiger partial charge in [-0.25, -0.2) is 4.99 Å². The van der Waals surface area contributed by atoms with Crippen LogP contribution in [0, 0.1) is 0 Å². The molecule has 0 saturated heterocycles. The van der Waals surface area contributed by atoms with E-state index >= 15 is 0 Å². The highest BCUT2D eigenvalue weighted by Gasteiger charge is 2.18. The normalized spacial score (nSPS) is 20.9. The Balaban J connectivity index is 2.48. The van der Waals surface area contributed by atoms with Crippen LogP contribution in [-0.4, -0.2) is 30.7 Å². The summed E-state index contributed by atoms with van der Waals surface area (Å²) in [5.74, 6) is -0.221. The molecule has 1 amide bonds. The van der Waals surface area contributed by atoms with Crippen LogP contribution in [0.4, 0.5) is 0 Å². The van der Waals surface area contributed by atoms with Crippen molar-refractivity contribution in [1.29, 1.82) is 0 Å². The molecule has 0 aromatic heterocycles. The number of aliphatic imine (C=N–C) groups is 3. The Morgan fingerprint density at radius 3 is 3.18 bits per heavy atom. The molecule has 2 heterocycles. The standard InChI is InChI=1S/C7H5N3O/c11-7-5-1-2-8-3-6(5)9-4-10-7/h1-2,4H,3H2. The van der Waals surface area contributed by atoms with Crippen molar-refractivity contribution in [1.82, 2.24) is 0 Å². The molecule has 2 rings (SSSR count). The summed E-state index contributed by atoms with van der Waals surface area (Å²) < 4.78 is 0. The Kier molecular flexibility index (Phi) is 1.25. The van der Waals surface area contributed by atoms with E-state index in [1.54, 1.807) is 12.3 Å². The van der Waals surface area contributed by atoms with Crippen LogP contribution in [0.15, 0.2) is 26.6 Å². The van der Waals surface area contributed by atoms with Crippen molar-refractivity contribution < 1.29 is 4.79 Å². The van der Waals surface area contributed by atoms with Crippen LogP contribution in [0.3, 0.4) is 0 Å². The van der Waals surface area contributed by atoms with Crippen LogP contribution < -0.4 is 0 Å². The predicted molar refractivity (Wildman–Crippen MR) is 42.4 cm³/mol. The average Bonchev–Trinajstić information content (AvgIpc) is 2.06. The molecule has 0 radical (unpaired) electrons. The first-order chi connectivity index (χ1) is 5.38. The zero-order valence-corrected chi connectivity index (χ0v) is 5.69. The van der Waals surface area contributed by atoms with Crippen LogP contribution in [-0.2, 0) is 4.79 Å². The maximum Gasteiger partial charge on any atom is 0.280 e. The van der Waals surface area contributed by atoms with Gasteiger partial charge in [0, 0.05) is 6.21 Å². The van der Waals surface area contributed by atoms with Gasteiger partial charge >= 0.3 is 0 Å². The number of hydrogen-bond acceptors (Lipinski definition) is 3. The van der Waals surface area contributed by atoms with E-state index in [1.165, 1.54) is 6.34 Å². The van der Waals surface area contributed by atoms with E-state index in [2.05, 4.69) is 15.0 Å². The largest absolute Gasteiger partial charge is 0.287 e. The molecule has 4 nitrogen and oxygen atoms in total. The van der Waals surface area contributed by atoms with Crippen molar-refractivity contribution in [3.8, 4) is 0 Å². The molecule has 4 heteroatoms. The third kappa shape index (κ3) is 0.920. The number of carbonyl (C=O) groups is 1. The molecule has 0 atom stereocenters. The summed E-state index contributed by atoms with van der Waals surface area (Å²) in [5.41, 5.74) is 1.29. The quantitative estimate of drug-likeness (QED) is 0.476. The zero-order valence-electron chi connectivity index (χ0n) is 5.69. The molecule has 0 aliphatic carbocycles. The van der Waals surface area contributed by atoms with Crippen molar-refractivity contribution in [2.75, 3.05) is 6.54 Å². The van der Waals surface area contributed by atoms with E-state index in [1.807, 2.05) is 0 Å². The first kappa shape index (κ1) is 6.15. The number of allylic oxidation sites excluding steroid dienone is 1. The van der Waals surface area contributed by atoms with Gasteiger partial charge in [0.1, 0.15) is 6.34 Å². The molecule has 0 aromatic carbocycles. The maximum absolute atomic E-state index is 11.0. The summed E-state index contributed by atoms with van der Waals surface area (Å²) in [6, 6.07) is 0. The minimum atomic E-state index is -0.221. The fourth-order valence-electron chi connectivity index (χ4n) is 0.973. The van der Waals surface area contributed by atoms with Crippen molar-refractivity contribution >= 4 is 24.2 Å². The number of carbonyl (C=O) groups excluding carboxylic acids is 1. The molecule has 0 unspecified atom stereocenters. The molecule has 0 spiro atoms. The lowest BCUT2D eigenvalue weighted by atomic mass is 10.1. The van der Waals surface area contributed by atoms with Crippen molar-refractivity contribution in [2.45, 2.75) is 0 Å². The minimum Gasteiger partial charge on any atom is -0.287 e. The molecule has 0 N–H and O–H groups in total. The Labute approximate surface area is 63.1 Å². The van der Waals surface area contributed by atoms with E-state index < -0.39 is 0 Å². The lowest BCUT2D eigenvalue weighted by molar-refractivity contribution is -0.113. The monoisotopic (exact) mass is 147 g/mol. The SMILES string of the molecule is O=C1N=CN=C2CN=CC=C12. The fourth-order valence-corrected chi connectivity index (χ4v) is 0.973. The maximum atomic E-state index is 11.0. The third-order valence-electron chi connectivity index (χ3n) is 1.52. The number of nitrogens with zero attached hydrogens (tertiary/aromatic N) is 3. The van der Waals surface area contributed by atoms with Gasteiger partial charge in [-0.1, -0.05) is 0 Å². The van der Waals surface area contributed by atoms with Gasteiger partial charge < -0.3 is 0 Å². The van der Waals surface area contributed by atoms with Crippen molar-refractivity contribution in [3.05, 3.63) is 11.6 Å². The Morgan fingerprint density at radius 2 is 2.36 bits per heavy atom. The first-order valence-corrected chi connectivity index (χ1v) is 3.22. The van der Waals surface area contributed by atoms with E-state index in [9.17, 15) is 4.79 Å². The Bertz CT molecular complexity index is 323. The second-order valence-corrected chi connectivity index (χ2v) is 2.20. The number of hydrogen-bond donors (Lipinski definition) is 0. The summed E-state index contributed by atoms with van der Waals surface area (Å²) in [4.78, 5) is 22.4. The average molecular weight is 147 g/mol. The highest BCUT2D eigenvalue weighted by molar-refractivity contribution is 6.29. The molecule has 0 fully saturated rings. The van der Waals surface area contributed by atoms with Gasteiger partial charge in [0.05, 0.1) is 17.8 Å². The van der Waals surface area contributed by atoms with Gasteiger partial charge in [0.15, 0.2) is 0 Å². The summed E-state index contributed by atoms with van der Waals surface area (Å²) in [7, 11) is 0. The third-order valence-corrected chi connectivity index (χ3v) is 1.52. The second-order valence-electron chi connectivity index (χ2n) is 2.20. The molecule has 54 valence electrons. The summed E-state index contributed by atoms with van der Waals surface area (Å²) in [6.45, 7) is 0.490. The fraction of sp³-hybridized carbons (Fsp3) is 0.143. The molecule has 11 heavy (non-hydrogen) atoms. The van der Waals surface area contributed by atoms with Gasteiger partial charge in [-0.15, -0.1) is 0 Å². The van der Waals surface area contributed by atoms with Crippen LogP contribution >= 0.6 is 0 Å². The molecule has 2 aliphatic rings. The minimum absolute atomic E-state index is 0.221. The molecule has 0 bridgehead atoms. The highest BCUT2D eigenvalue weighted by Crippen LogP contribution is 2.08. The summed E-state index contributed by atoms with van der Waals surface area (Å²) in [5, 5.41) is 0. The van der Waals surface area contributed by atoms with Gasteiger partial charge in [0.2, 0.25) is 0 Å². The van der Waals surface area contributed by atoms with Crippen LogP contribution in [0.5, 0.6) is 0 Å². The van der Waals surface area contributed by atoms with E-state index in [-0.39, 0.29) is 5.91 Å². The second kappa shape index (κ2) is 2.23. The van der Waals surface area contributed by atoms with Crippen molar-refractivity contribution in [2.24, 2.45) is 15.0 Å². The van der Waals surface area contributed by atoms with E-state index in [0.717, 1.165) is 0 Å². The molecular weight excluding hydrogens is 142 g/mol.